The molecule has 0 N–H and O–H groups in total. The Labute approximate surface area is 187 Å². The first-order valence-electron chi connectivity index (χ1n) is 4.69. The van der Waals surface area contributed by atoms with Crippen LogP contribution in [0.5, 0.6) is 0 Å². The van der Waals surface area contributed by atoms with Crippen LogP contribution in [-0.4, -0.2) is 18.6 Å². The van der Waals surface area contributed by atoms with Gasteiger partial charge < -0.3 is 9.98 Å². The molecule has 2 rings (SSSR count). The van der Waals surface area contributed by atoms with Crippen molar-refractivity contribution < 1.29 is 105 Å². The van der Waals surface area contributed by atoms with Gasteiger partial charge >= 0.3 is 21.1 Å². The molecule has 0 aromatic heterocycles. The van der Waals surface area contributed by atoms with E-state index >= 15 is 0 Å². The van der Waals surface area contributed by atoms with E-state index in [0.29, 0.717) is 12.0 Å². The monoisotopic (exact) mass is 1110 g/mol. The van der Waals surface area contributed by atoms with Crippen molar-refractivity contribution >= 4 is 12.6 Å². The van der Waals surface area contributed by atoms with Gasteiger partial charge in [-0.25, -0.2) is 0 Å². The van der Waals surface area contributed by atoms with E-state index in [2.05, 4.69) is 36.1 Å². The van der Waals surface area contributed by atoms with E-state index in [1.165, 1.54) is 0 Å². The number of aliphatic imine (C=N–C) groups is 2. The van der Waals surface area contributed by atoms with Gasteiger partial charge in [0, 0.05) is 90.3 Å². The summed E-state index contributed by atoms with van der Waals surface area (Å²) in [5.74, 6) is 0.389. The molecule has 102 valence electrons. The van der Waals surface area contributed by atoms with Crippen LogP contribution in [0.1, 0.15) is 13.8 Å². The average molecular weight is 1110 g/mol. The normalized spacial score (nSPS) is 17.6. The summed E-state index contributed by atoms with van der Waals surface area (Å²) in [4.78, 5) is 7.82. The van der Waals surface area contributed by atoms with Crippen LogP contribution in [0.15, 0.2) is 40.3 Å². The first-order valence-corrected chi connectivity index (χ1v) is 4.69. The largest absolute Gasteiger partial charge is 2.00 e. The van der Waals surface area contributed by atoms with Gasteiger partial charge in [-0.15, -0.1) is 0 Å². The summed E-state index contributed by atoms with van der Waals surface area (Å²) in [6.45, 7) is 4.12. The van der Waals surface area contributed by atoms with Crippen molar-refractivity contribution in [1.82, 2.24) is 0 Å². The van der Waals surface area contributed by atoms with Crippen LogP contribution < -0.4 is 0 Å². The van der Waals surface area contributed by atoms with Crippen LogP contribution in [0.4, 0.5) is 0 Å². The molecular formula is C12H14N2W5. The van der Waals surface area contributed by atoms with E-state index in [4.69, 9.17) is 0 Å². The SMILES string of the molecule is CC1[C-]=NC=NC1C.[W+2].[W].[W].[W].[W].[c-]1ccccc1. The third kappa shape index (κ3) is 18.0. The molecule has 1 heterocycles. The van der Waals surface area contributed by atoms with Crippen LogP contribution in [0.25, 0.3) is 0 Å². The minimum absolute atomic E-state index is 0. The standard InChI is InChI=1S/C6H9N2.C6H5.5W/c1-5-3-7-4-8-6(5)2;1-2-4-6-5-3-1;;;;;/h4-6H,1-2H3;1-5H;;;;;/q2*-1;;;;;+2. The fourth-order valence-corrected chi connectivity index (χ4v) is 0.868. The van der Waals surface area contributed by atoms with Crippen molar-refractivity contribution in [2.45, 2.75) is 19.9 Å². The molecule has 7 heteroatoms. The summed E-state index contributed by atoms with van der Waals surface area (Å²) in [6, 6.07) is 12.9. The summed E-state index contributed by atoms with van der Waals surface area (Å²) < 4.78 is 0. The smallest absolute Gasteiger partial charge is 0.446 e. The Hall–Kier alpha value is 2.00. The second kappa shape index (κ2) is 22.3. The van der Waals surface area contributed by atoms with Gasteiger partial charge in [-0.2, -0.15) is 42.6 Å². The van der Waals surface area contributed by atoms with Gasteiger partial charge in [0.2, 0.25) is 0 Å². The van der Waals surface area contributed by atoms with Gasteiger partial charge in [0.1, 0.15) is 0 Å². The van der Waals surface area contributed by atoms with Gasteiger partial charge in [-0.3, -0.25) is 0 Å². The van der Waals surface area contributed by atoms with E-state index in [1.807, 2.05) is 30.3 Å². The molecule has 2 atom stereocenters. The van der Waals surface area contributed by atoms with Gasteiger partial charge in [0.25, 0.3) is 0 Å². The number of rotatable bonds is 0. The number of hydrogen-bond acceptors (Lipinski definition) is 2. The van der Waals surface area contributed by atoms with Crippen molar-refractivity contribution in [3.05, 3.63) is 36.4 Å². The van der Waals surface area contributed by atoms with Crippen LogP contribution in [-0.2, 0) is 105 Å². The average Bonchev–Trinajstić information content (AvgIpc) is 2.26. The van der Waals surface area contributed by atoms with Crippen LogP contribution >= 0.6 is 0 Å². The maximum absolute atomic E-state index is 4.06. The summed E-state index contributed by atoms with van der Waals surface area (Å²) in [6.07, 6.45) is 4.47. The molecule has 0 amide bonds. The van der Waals surface area contributed by atoms with Crippen LogP contribution in [0.3, 0.4) is 0 Å². The Kier molecular flexibility index (Phi) is 38.5. The Balaban J connectivity index is -0.0000000555. The Morgan fingerprint density at radius 2 is 1.42 bits per heavy atom. The number of hydrogen-bond donors (Lipinski definition) is 0. The van der Waals surface area contributed by atoms with Crippen molar-refractivity contribution in [2.75, 3.05) is 0 Å². The third-order valence-electron chi connectivity index (χ3n) is 1.97. The Bertz CT molecular complexity index is 264. The minimum atomic E-state index is 0. The molecule has 0 radical (unpaired) electrons. The van der Waals surface area contributed by atoms with Gasteiger partial charge in [-0.1, -0.05) is 12.8 Å². The maximum Gasteiger partial charge on any atom is 2.00 e. The molecule has 2 unspecified atom stereocenters. The fraction of sp³-hybridized carbons (Fsp3) is 0.333. The molecule has 0 bridgehead atoms. The fourth-order valence-electron chi connectivity index (χ4n) is 0.868. The Morgan fingerprint density at radius 3 is 1.63 bits per heavy atom. The van der Waals surface area contributed by atoms with Crippen LogP contribution in [0.2, 0.25) is 0 Å². The quantitative estimate of drug-likeness (QED) is 0.358. The van der Waals surface area contributed by atoms with E-state index in [1.54, 1.807) is 6.34 Å². The molecule has 19 heavy (non-hydrogen) atoms. The first kappa shape index (κ1) is 32.8. The molecule has 2 nitrogen and oxygen atoms in total. The van der Waals surface area contributed by atoms with Crippen LogP contribution in [0, 0.1) is 12.0 Å². The molecule has 0 fully saturated rings. The molecular weight excluding hydrogens is 1090 g/mol. The number of nitrogens with zero attached hydrogens (tertiary/aromatic N) is 2. The van der Waals surface area contributed by atoms with Crippen molar-refractivity contribution in [2.24, 2.45) is 15.9 Å². The van der Waals surface area contributed by atoms with Crippen molar-refractivity contribution in [1.29, 1.82) is 0 Å². The predicted octanol–water partition coefficient (Wildman–Crippen LogP) is 2.47. The summed E-state index contributed by atoms with van der Waals surface area (Å²) in [5, 5.41) is 0. The van der Waals surface area contributed by atoms with Gasteiger partial charge in [-0.05, 0) is 13.3 Å². The third-order valence-corrected chi connectivity index (χ3v) is 1.97. The molecule has 0 saturated heterocycles. The van der Waals surface area contributed by atoms with E-state index in [-0.39, 0.29) is 105 Å². The molecule has 1 aromatic carbocycles. The number of benzene rings is 1. The Morgan fingerprint density at radius 1 is 0.895 bits per heavy atom. The zero-order chi connectivity index (χ0) is 10.2. The molecule has 0 saturated carbocycles. The minimum Gasteiger partial charge on any atom is -0.446 e. The molecule has 1 aliphatic rings. The maximum atomic E-state index is 4.06. The second-order valence-electron chi connectivity index (χ2n) is 3.13. The molecule has 0 spiro atoms. The molecule has 1 aromatic rings. The second-order valence-corrected chi connectivity index (χ2v) is 3.13. The zero-order valence-corrected chi connectivity index (χ0v) is 25.2. The molecule has 0 aliphatic carbocycles. The summed E-state index contributed by atoms with van der Waals surface area (Å²) in [7, 11) is 0. The topological polar surface area (TPSA) is 24.7 Å². The summed E-state index contributed by atoms with van der Waals surface area (Å²) in [5.41, 5.74) is 0. The summed E-state index contributed by atoms with van der Waals surface area (Å²) >= 11 is 0. The van der Waals surface area contributed by atoms with Gasteiger partial charge in [0.15, 0.2) is 0 Å². The van der Waals surface area contributed by atoms with Crippen molar-refractivity contribution in [3.63, 3.8) is 0 Å². The molecule has 1 aliphatic heterocycles. The van der Waals surface area contributed by atoms with E-state index in [9.17, 15) is 0 Å². The zero-order valence-electron chi connectivity index (χ0n) is 10.6. The first-order chi connectivity index (χ1) is 6.80. The predicted molar refractivity (Wildman–Crippen MR) is 59.8 cm³/mol. The van der Waals surface area contributed by atoms with Gasteiger partial charge in [0.05, 0.1) is 0 Å². The van der Waals surface area contributed by atoms with Crippen molar-refractivity contribution in [3.8, 4) is 0 Å². The van der Waals surface area contributed by atoms with E-state index < -0.39 is 0 Å². The van der Waals surface area contributed by atoms with E-state index in [0.717, 1.165) is 0 Å².